The fourth-order valence-corrected chi connectivity index (χ4v) is 2.06. The lowest BCUT2D eigenvalue weighted by atomic mass is 10.1. The monoisotopic (exact) mass is 236 g/mol. The molecular formula is C13H13BN4. The summed E-state index contributed by atoms with van der Waals surface area (Å²) in [5.74, 6) is 0.888. The molecule has 0 saturated carbocycles. The summed E-state index contributed by atoms with van der Waals surface area (Å²) in [5.41, 5.74) is 3.38. The summed E-state index contributed by atoms with van der Waals surface area (Å²) in [5, 5.41) is 4.19. The largest absolute Gasteiger partial charge is 0.420 e. The first-order chi connectivity index (χ1) is 8.86. The third-order valence-electron chi connectivity index (χ3n) is 3.01. The van der Waals surface area contributed by atoms with Gasteiger partial charge in [-0.15, -0.1) is 0 Å². The van der Waals surface area contributed by atoms with Gasteiger partial charge in [0.25, 0.3) is 0 Å². The first kappa shape index (κ1) is 10.8. The summed E-state index contributed by atoms with van der Waals surface area (Å²) in [4.78, 5) is 11.8. The number of aromatic nitrogens is 3. The Morgan fingerprint density at radius 2 is 2.17 bits per heavy atom. The zero-order valence-corrected chi connectivity index (χ0v) is 10.1. The first-order valence-corrected chi connectivity index (χ1v) is 5.90. The van der Waals surface area contributed by atoms with Crippen LogP contribution in [0.2, 0.25) is 0 Å². The maximum atomic E-state index is 4.32. The predicted octanol–water partition coefficient (Wildman–Crippen LogP) is 1.51. The van der Waals surface area contributed by atoms with Crippen LogP contribution in [0.1, 0.15) is 11.1 Å². The van der Waals surface area contributed by atoms with Crippen molar-refractivity contribution in [1.82, 2.24) is 15.0 Å². The van der Waals surface area contributed by atoms with Crippen molar-refractivity contribution in [1.29, 1.82) is 0 Å². The van der Waals surface area contributed by atoms with E-state index in [1.165, 1.54) is 16.5 Å². The van der Waals surface area contributed by atoms with E-state index in [9.17, 15) is 0 Å². The highest BCUT2D eigenvalue weighted by Gasteiger charge is 2.05. The Morgan fingerprint density at radius 3 is 2.94 bits per heavy atom. The fourth-order valence-electron chi connectivity index (χ4n) is 2.06. The van der Waals surface area contributed by atoms with Crippen molar-refractivity contribution < 1.29 is 0 Å². The molecular weight excluding hydrogens is 223 g/mol. The van der Waals surface area contributed by atoms with E-state index >= 15 is 0 Å². The van der Waals surface area contributed by atoms with Crippen molar-refractivity contribution in [2.75, 3.05) is 5.23 Å². The SMILES string of the molecule is BNc1ccc(Cc2c[nH]c3ncccc23)cn1. The Morgan fingerprint density at radius 1 is 1.22 bits per heavy atom. The molecule has 0 unspecified atom stereocenters. The zero-order chi connectivity index (χ0) is 12.4. The molecule has 3 aromatic heterocycles. The molecule has 5 heteroatoms. The van der Waals surface area contributed by atoms with Crippen LogP contribution in [0.3, 0.4) is 0 Å². The third kappa shape index (κ3) is 1.95. The number of rotatable bonds is 3. The van der Waals surface area contributed by atoms with Gasteiger partial charge in [-0.25, -0.2) is 9.97 Å². The Hall–Kier alpha value is -2.30. The van der Waals surface area contributed by atoms with Gasteiger partial charge in [-0.05, 0) is 29.3 Å². The molecule has 88 valence electrons. The van der Waals surface area contributed by atoms with Gasteiger partial charge in [-0.1, -0.05) is 6.07 Å². The molecule has 0 aliphatic rings. The van der Waals surface area contributed by atoms with Gasteiger partial charge in [0, 0.05) is 30.4 Å². The van der Waals surface area contributed by atoms with Crippen molar-refractivity contribution in [3.63, 3.8) is 0 Å². The summed E-state index contributed by atoms with van der Waals surface area (Å²) >= 11 is 0. The van der Waals surface area contributed by atoms with Crippen LogP contribution in [0.25, 0.3) is 11.0 Å². The van der Waals surface area contributed by atoms with Gasteiger partial charge in [0.05, 0.1) is 0 Å². The average molecular weight is 236 g/mol. The van der Waals surface area contributed by atoms with Crippen LogP contribution in [0.4, 0.5) is 5.82 Å². The van der Waals surface area contributed by atoms with Crippen LogP contribution in [-0.2, 0) is 6.42 Å². The van der Waals surface area contributed by atoms with Crippen molar-refractivity contribution in [3.05, 3.63) is 54.0 Å². The number of H-pyrrole nitrogens is 1. The number of hydrogen-bond acceptors (Lipinski definition) is 3. The van der Waals surface area contributed by atoms with E-state index in [4.69, 9.17) is 0 Å². The van der Waals surface area contributed by atoms with Gasteiger partial charge in [-0.3, -0.25) is 0 Å². The van der Waals surface area contributed by atoms with Crippen LogP contribution < -0.4 is 5.23 Å². The Bertz CT molecular complexity index is 660. The van der Waals surface area contributed by atoms with Gasteiger partial charge in [-0.2, -0.15) is 0 Å². The van der Waals surface area contributed by atoms with E-state index in [1.807, 2.05) is 32.5 Å². The zero-order valence-electron chi connectivity index (χ0n) is 10.1. The van der Waals surface area contributed by atoms with E-state index in [2.05, 4.69) is 32.3 Å². The molecule has 3 heterocycles. The number of nitrogens with zero attached hydrogens (tertiary/aromatic N) is 2. The molecule has 0 atom stereocenters. The molecule has 0 amide bonds. The lowest BCUT2D eigenvalue weighted by Crippen LogP contribution is -1.95. The molecule has 0 fully saturated rings. The minimum atomic E-state index is 0.864. The lowest BCUT2D eigenvalue weighted by Gasteiger charge is -2.02. The second-order valence-electron chi connectivity index (χ2n) is 4.19. The highest BCUT2D eigenvalue weighted by atomic mass is 14.9. The predicted molar refractivity (Wildman–Crippen MR) is 75.3 cm³/mol. The first-order valence-electron chi connectivity index (χ1n) is 5.90. The van der Waals surface area contributed by atoms with E-state index in [0.717, 1.165) is 17.9 Å². The molecule has 3 aromatic rings. The molecule has 0 aromatic carbocycles. The second kappa shape index (κ2) is 4.53. The molecule has 0 aliphatic heterocycles. The van der Waals surface area contributed by atoms with Gasteiger partial charge in [0.1, 0.15) is 11.5 Å². The summed E-state index contributed by atoms with van der Waals surface area (Å²) in [6.07, 6.45) is 6.58. The third-order valence-corrected chi connectivity index (χ3v) is 3.01. The van der Waals surface area contributed by atoms with Crippen molar-refractivity contribution in [2.45, 2.75) is 6.42 Å². The quantitative estimate of drug-likeness (QED) is 0.677. The van der Waals surface area contributed by atoms with E-state index in [-0.39, 0.29) is 0 Å². The lowest BCUT2D eigenvalue weighted by molar-refractivity contribution is 1.16. The highest BCUT2D eigenvalue weighted by Crippen LogP contribution is 2.19. The number of nitrogens with one attached hydrogen (secondary N) is 2. The summed E-state index contributed by atoms with van der Waals surface area (Å²) in [7, 11) is 1.87. The average Bonchev–Trinajstić information content (AvgIpc) is 2.83. The van der Waals surface area contributed by atoms with Crippen molar-refractivity contribution in [3.8, 4) is 0 Å². The topological polar surface area (TPSA) is 53.6 Å². The summed E-state index contributed by atoms with van der Waals surface area (Å²) in [6, 6.07) is 8.13. The van der Waals surface area contributed by atoms with Crippen molar-refractivity contribution in [2.24, 2.45) is 0 Å². The van der Waals surface area contributed by atoms with Gasteiger partial charge < -0.3 is 10.2 Å². The second-order valence-corrected chi connectivity index (χ2v) is 4.19. The molecule has 0 aliphatic carbocycles. The Kier molecular flexibility index (Phi) is 2.72. The summed E-state index contributed by atoms with van der Waals surface area (Å²) in [6.45, 7) is 0. The minimum absolute atomic E-state index is 0.864. The molecule has 0 spiro atoms. The molecule has 0 bridgehead atoms. The van der Waals surface area contributed by atoms with E-state index < -0.39 is 0 Å². The van der Waals surface area contributed by atoms with Gasteiger partial charge in [0.2, 0.25) is 7.98 Å². The maximum Gasteiger partial charge on any atom is 0.215 e. The number of pyridine rings is 2. The Balaban J connectivity index is 1.91. The van der Waals surface area contributed by atoms with Crippen LogP contribution >= 0.6 is 0 Å². The van der Waals surface area contributed by atoms with Gasteiger partial charge in [0.15, 0.2) is 0 Å². The number of aromatic amines is 1. The van der Waals surface area contributed by atoms with Crippen LogP contribution in [0.5, 0.6) is 0 Å². The molecule has 0 radical (unpaired) electrons. The minimum Gasteiger partial charge on any atom is -0.420 e. The Labute approximate surface area is 106 Å². The standard InChI is InChI=1S/C13H13BN4/c14-18-12-4-3-9(7-16-12)6-10-8-17-13-11(10)2-1-5-15-13/h1-5,7-8H,6,14H2,(H,15,17)(H,16,18). The molecule has 18 heavy (non-hydrogen) atoms. The van der Waals surface area contributed by atoms with Crippen LogP contribution in [0.15, 0.2) is 42.9 Å². The fraction of sp³-hybridized carbons (Fsp3) is 0.0769. The highest BCUT2D eigenvalue weighted by molar-refractivity contribution is 6.15. The smallest absolute Gasteiger partial charge is 0.215 e. The number of fused-ring (bicyclic) bond motifs is 1. The van der Waals surface area contributed by atoms with E-state index in [1.54, 1.807) is 6.20 Å². The maximum absolute atomic E-state index is 4.32. The van der Waals surface area contributed by atoms with Crippen LogP contribution in [0, 0.1) is 0 Å². The molecule has 2 N–H and O–H groups in total. The van der Waals surface area contributed by atoms with Crippen LogP contribution in [-0.4, -0.2) is 22.9 Å². The van der Waals surface area contributed by atoms with Crippen molar-refractivity contribution >= 4 is 24.8 Å². The molecule has 3 rings (SSSR count). The molecule has 4 nitrogen and oxygen atoms in total. The number of hydrogen-bond donors (Lipinski definition) is 2. The van der Waals surface area contributed by atoms with Gasteiger partial charge >= 0.3 is 0 Å². The summed E-state index contributed by atoms with van der Waals surface area (Å²) < 4.78 is 0. The molecule has 0 saturated heterocycles. The number of anilines is 1. The normalized spacial score (nSPS) is 10.7. The van der Waals surface area contributed by atoms with E-state index in [0.29, 0.717) is 0 Å².